The van der Waals surface area contributed by atoms with E-state index in [1.165, 1.54) is 4.31 Å². The molecule has 6 nitrogen and oxygen atoms in total. The molecule has 0 bridgehead atoms. The number of nitrogens with two attached hydrogens (primary N) is 1. The van der Waals surface area contributed by atoms with Gasteiger partial charge in [-0.1, -0.05) is 0 Å². The molecule has 1 aromatic heterocycles. The van der Waals surface area contributed by atoms with Gasteiger partial charge < -0.3 is 10.3 Å². The Bertz CT molecular complexity index is 549. The maximum atomic E-state index is 12.6. The Balaban J connectivity index is 0.00000147. The normalized spacial score (nSPS) is 23.4. The number of imidazole rings is 1. The minimum absolute atomic E-state index is 0. The Kier molecular flexibility index (Phi) is 4.73. The first-order valence-corrected chi connectivity index (χ1v) is 8.35. The van der Waals surface area contributed by atoms with Crippen LogP contribution in [0.4, 0.5) is 0 Å². The molecule has 8 heteroatoms. The van der Waals surface area contributed by atoms with E-state index in [4.69, 9.17) is 5.73 Å². The summed E-state index contributed by atoms with van der Waals surface area (Å²) in [6.07, 6.45) is 6.48. The predicted molar refractivity (Wildman–Crippen MR) is 78.4 cm³/mol. The largest absolute Gasteiger partial charge is 0.333 e. The van der Waals surface area contributed by atoms with Crippen molar-refractivity contribution < 1.29 is 8.42 Å². The summed E-state index contributed by atoms with van der Waals surface area (Å²) in [6.45, 7) is 1.82. The number of rotatable bonds is 3. The predicted octanol–water partition coefficient (Wildman–Crippen LogP) is 0.753. The minimum Gasteiger partial charge on any atom is -0.333 e. The molecule has 1 unspecified atom stereocenters. The van der Waals surface area contributed by atoms with Gasteiger partial charge in [0.15, 0.2) is 5.03 Å². The number of fused-ring (bicyclic) bond motifs is 1. The molecule has 0 spiro atoms. The van der Waals surface area contributed by atoms with Crippen molar-refractivity contribution in [2.45, 2.75) is 49.7 Å². The fourth-order valence-corrected chi connectivity index (χ4v) is 4.67. The Labute approximate surface area is 125 Å². The van der Waals surface area contributed by atoms with Crippen molar-refractivity contribution in [2.75, 3.05) is 13.1 Å². The molecule has 3 heterocycles. The average molecular weight is 321 g/mol. The van der Waals surface area contributed by atoms with Gasteiger partial charge in [-0.2, -0.15) is 4.31 Å². The zero-order valence-corrected chi connectivity index (χ0v) is 13.0. The van der Waals surface area contributed by atoms with Gasteiger partial charge in [-0.25, -0.2) is 13.4 Å². The molecule has 2 aliphatic rings. The van der Waals surface area contributed by atoms with Crippen molar-refractivity contribution in [3.8, 4) is 0 Å². The second-order valence-electron chi connectivity index (χ2n) is 5.29. The third-order valence-corrected chi connectivity index (χ3v) is 5.88. The fourth-order valence-electron chi connectivity index (χ4n) is 2.99. The fraction of sp³-hybridized carbons (Fsp3) is 0.750. The first-order valence-electron chi connectivity index (χ1n) is 6.91. The highest BCUT2D eigenvalue weighted by Gasteiger charge is 2.36. The second-order valence-corrected chi connectivity index (χ2v) is 7.13. The molecule has 2 N–H and O–H groups in total. The molecule has 1 aromatic rings. The monoisotopic (exact) mass is 320 g/mol. The lowest BCUT2D eigenvalue weighted by molar-refractivity contribution is 0.391. The van der Waals surface area contributed by atoms with Gasteiger partial charge in [0.05, 0.1) is 0 Å². The number of aromatic nitrogens is 2. The van der Waals surface area contributed by atoms with Crippen molar-refractivity contribution in [3.05, 3.63) is 12.0 Å². The van der Waals surface area contributed by atoms with Crippen LogP contribution in [0, 0.1) is 0 Å². The zero-order chi connectivity index (χ0) is 13.5. The minimum atomic E-state index is -3.47. The summed E-state index contributed by atoms with van der Waals surface area (Å²) < 4.78 is 28.7. The van der Waals surface area contributed by atoms with E-state index < -0.39 is 10.0 Å². The molecule has 2 aliphatic heterocycles. The highest BCUT2D eigenvalue weighted by atomic mass is 35.5. The molecule has 1 fully saturated rings. The molecular weight excluding hydrogens is 300 g/mol. The van der Waals surface area contributed by atoms with Crippen LogP contribution in [0.3, 0.4) is 0 Å². The van der Waals surface area contributed by atoms with E-state index in [1.807, 2.05) is 4.57 Å². The lowest BCUT2D eigenvalue weighted by atomic mass is 10.2. The lowest BCUT2D eigenvalue weighted by Crippen LogP contribution is -2.40. The van der Waals surface area contributed by atoms with Crippen LogP contribution in [0.1, 0.15) is 31.5 Å². The highest BCUT2D eigenvalue weighted by Crippen LogP contribution is 2.26. The number of aryl methyl sites for hydroxylation is 2. The summed E-state index contributed by atoms with van der Waals surface area (Å²) in [5.41, 5.74) is 5.66. The summed E-state index contributed by atoms with van der Waals surface area (Å²) in [5.74, 6) is 0.897. The second kappa shape index (κ2) is 6.01. The van der Waals surface area contributed by atoms with E-state index in [2.05, 4.69) is 4.98 Å². The van der Waals surface area contributed by atoms with E-state index >= 15 is 0 Å². The van der Waals surface area contributed by atoms with Gasteiger partial charge in [0.25, 0.3) is 10.0 Å². The van der Waals surface area contributed by atoms with E-state index in [0.717, 1.165) is 44.5 Å². The molecule has 0 saturated carbocycles. The molecule has 1 saturated heterocycles. The Morgan fingerprint density at radius 1 is 1.30 bits per heavy atom. The van der Waals surface area contributed by atoms with Crippen molar-refractivity contribution in [1.29, 1.82) is 0 Å². The van der Waals surface area contributed by atoms with Gasteiger partial charge in [-0.15, -0.1) is 12.4 Å². The molecule has 0 aromatic carbocycles. The van der Waals surface area contributed by atoms with Crippen molar-refractivity contribution in [3.63, 3.8) is 0 Å². The molecule has 0 amide bonds. The molecular formula is C12H21ClN4O2S. The molecule has 20 heavy (non-hydrogen) atoms. The highest BCUT2D eigenvalue weighted by molar-refractivity contribution is 7.89. The van der Waals surface area contributed by atoms with Crippen LogP contribution in [0.15, 0.2) is 11.2 Å². The summed E-state index contributed by atoms with van der Waals surface area (Å²) in [5, 5.41) is 0.199. The van der Waals surface area contributed by atoms with Crippen LogP contribution in [0.5, 0.6) is 0 Å². The third kappa shape index (κ3) is 2.59. The maximum Gasteiger partial charge on any atom is 0.262 e. The number of sulfonamides is 1. The number of hydrogen-bond acceptors (Lipinski definition) is 4. The Morgan fingerprint density at radius 2 is 2.10 bits per heavy atom. The zero-order valence-electron chi connectivity index (χ0n) is 11.4. The standard InChI is InChI=1S/C12H20N4O2S.ClH/c13-8-10-4-3-7-16(10)19(17,18)12-9-15-6-2-1-5-11(15)14-12;/h9-10H,1-8,13H2;1H. The van der Waals surface area contributed by atoms with Crippen molar-refractivity contribution >= 4 is 22.4 Å². The van der Waals surface area contributed by atoms with Crippen molar-refractivity contribution in [1.82, 2.24) is 13.9 Å². The first kappa shape index (κ1) is 15.8. The van der Waals surface area contributed by atoms with Crippen LogP contribution < -0.4 is 5.73 Å². The van der Waals surface area contributed by atoms with Crippen LogP contribution in [0.25, 0.3) is 0 Å². The van der Waals surface area contributed by atoms with E-state index in [9.17, 15) is 8.42 Å². The molecule has 114 valence electrons. The van der Waals surface area contributed by atoms with Crippen LogP contribution in [-0.2, 0) is 23.0 Å². The number of hydrogen-bond donors (Lipinski definition) is 1. The third-order valence-electron chi connectivity index (χ3n) is 4.05. The first-order chi connectivity index (χ1) is 9.13. The summed E-state index contributed by atoms with van der Waals surface area (Å²) in [6, 6.07) is -0.0660. The summed E-state index contributed by atoms with van der Waals surface area (Å²) >= 11 is 0. The summed E-state index contributed by atoms with van der Waals surface area (Å²) in [4.78, 5) is 4.33. The Morgan fingerprint density at radius 3 is 2.80 bits per heavy atom. The van der Waals surface area contributed by atoms with E-state index in [1.54, 1.807) is 6.20 Å². The van der Waals surface area contributed by atoms with Gasteiger partial charge in [-0.3, -0.25) is 0 Å². The van der Waals surface area contributed by atoms with E-state index in [-0.39, 0.29) is 23.5 Å². The Hall–Kier alpha value is -0.630. The van der Waals surface area contributed by atoms with Gasteiger partial charge in [0.1, 0.15) is 5.82 Å². The van der Waals surface area contributed by atoms with E-state index in [0.29, 0.717) is 13.1 Å². The quantitative estimate of drug-likeness (QED) is 0.891. The van der Waals surface area contributed by atoms with Crippen LogP contribution in [-0.4, -0.2) is 41.4 Å². The summed E-state index contributed by atoms with van der Waals surface area (Å²) in [7, 11) is -3.47. The average Bonchev–Trinajstić information content (AvgIpc) is 3.05. The molecule has 3 rings (SSSR count). The van der Waals surface area contributed by atoms with Crippen LogP contribution >= 0.6 is 12.4 Å². The lowest BCUT2D eigenvalue weighted by Gasteiger charge is -2.21. The van der Waals surface area contributed by atoms with Crippen molar-refractivity contribution in [2.24, 2.45) is 5.73 Å². The number of nitrogens with zero attached hydrogens (tertiary/aromatic N) is 3. The van der Waals surface area contributed by atoms with Crippen LogP contribution in [0.2, 0.25) is 0 Å². The molecule has 0 radical (unpaired) electrons. The van der Waals surface area contributed by atoms with Gasteiger partial charge >= 0.3 is 0 Å². The smallest absolute Gasteiger partial charge is 0.262 e. The SMILES string of the molecule is Cl.NCC1CCCN1S(=O)(=O)c1cn2c(n1)CCCC2. The van der Waals surface area contributed by atoms with Gasteiger partial charge in [-0.05, 0) is 25.7 Å². The molecule has 0 aliphatic carbocycles. The van der Waals surface area contributed by atoms with Gasteiger partial charge in [0.2, 0.25) is 0 Å². The maximum absolute atomic E-state index is 12.6. The topological polar surface area (TPSA) is 81.2 Å². The molecule has 1 atom stereocenters. The van der Waals surface area contributed by atoms with Gasteiger partial charge in [0, 0.05) is 38.3 Å². The number of halogens is 1.